The van der Waals surface area contributed by atoms with Gasteiger partial charge in [-0.1, -0.05) is 0 Å². The predicted octanol–water partition coefficient (Wildman–Crippen LogP) is 2.66. The molecule has 0 aliphatic heterocycles. The average Bonchev–Trinajstić information content (AvgIpc) is 2.86. The summed E-state index contributed by atoms with van der Waals surface area (Å²) in [5.41, 5.74) is 8.95. The van der Waals surface area contributed by atoms with Gasteiger partial charge in [-0.25, -0.2) is 4.79 Å². The number of hydrogen-bond donors (Lipinski definition) is 1. The van der Waals surface area contributed by atoms with E-state index in [9.17, 15) is 9.59 Å². The quantitative estimate of drug-likeness (QED) is 0.515. The third-order valence-electron chi connectivity index (χ3n) is 3.79. The number of esters is 1. The first-order chi connectivity index (χ1) is 11.9. The molecule has 128 valence electrons. The van der Waals surface area contributed by atoms with Gasteiger partial charge < -0.3 is 15.0 Å². The molecule has 0 radical (unpaired) electrons. The monoisotopic (exact) mass is 337 g/mol. The maximum absolute atomic E-state index is 11.7. The summed E-state index contributed by atoms with van der Waals surface area (Å²) in [6.45, 7) is 5.89. The Labute approximate surface area is 146 Å². The highest BCUT2D eigenvalue weighted by Gasteiger charge is 2.13. The minimum Gasteiger partial charge on any atom is -0.462 e. The van der Waals surface area contributed by atoms with E-state index in [1.807, 2.05) is 36.6 Å². The first-order valence-electron chi connectivity index (χ1n) is 7.77. The van der Waals surface area contributed by atoms with Crippen molar-refractivity contribution in [3.05, 3.63) is 58.4 Å². The van der Waals surface area contributed by atoms with Gasteiger partial charge in [0.2, 0.25) is 0 Å². The number of nitrogens with zero attached hydrogens (tertiary/aromatic N) is 2. The molecule has 0 bridgehead atoms. The average molecular weight is 337 g/mol. The highest BCUT2D eigenvalue weighted by molar-refractivity contribution is 6.00. The molecule has 0 aliphatic carbocycles. The van der Waals surface area contributed by atoms with Gasteiger partial charge in [-0.2, -0.15) is 5.26 Å². The van der Waals surface area contributed by atoms with Crippen LogP contribution in [0.3, 0.4) is 0 Å². The molecule has 6 nitrogen and oxygen atoms in total. The molecule has 2 aromatic rings. The molecule has 0 spiro atoms. The molecule has 1 aromatic carbocycles. The largest absolute Gasteiger partial charge is 0.462 e. The number of carbonyl (C=O) groups is 2. The first kappa shape index (κ1) is 18.0. The van der Waals surface area contributed by atoms with E-state index in [2.05, 4.69) is 0 Å². The van der Waals surface area contributed by atoms with Crippen molar-refractivity contribution < 1.29 is 14.3 Å². The molecule has 0 saturated heterocycles. The maximum atomic E-state index is 11.7. The van der Waals surface area contributed by atoms with Gasteiger partial charge in [0.1, 0.15) is 11.6 Å². The van der Waals surface area contributed by atoms with Crippen LogP contribution in [0.15, 0.2) is 35.9 Å². The first-order valence-corrected chi connectivity index (χ1v) is 7.77. The molecule has 2 rings (SSSR count). The SMILES string of the molecule is CCOC(=O)c1ccc(-n2c(C)cc(/C=C(/C#N)C(N)=O)c2C)cc1. The van der Waals surface area contributed by atoms with Gasteiger partial charge in [0.05, 0.1) is 12.2 Å². The molecular weight excluding hydrogens is 318 g/mol. The molecule has 2 N–H and O–H groups in total. The number of hydrogen-bond acceptors (Lipinski definition) is 4. The normalized spacial score (nSPS) is 11.0. The second kappa shape index (κ2) is 7.49. The molecule has 0 unspecified atom stereocenters. The van der Waals surface area contributed by atoms with Crippen molar-refractivity contribution >= 4 is 18.0 Å². The van der Waals surface area contributed by atoms with Gasteiger partial charge in [-0.05, 0) is 62.7 Å². The van der Waals surface area contributed by atoms with Crippen LogP contribution in [0.4, 0.5) is 0 Å². The summed E-state index contributed by atoms with van der Waals surface area (Å²) in [6, 6.07) is 10.7. The summed E-state index contributed by atoms with van der Waals surface area (Å²) in [4.78, 5) is 23.0. The number of nitrogens with two attached hydrogens (primary N) is 1. The lowest BCUT2D eigenvalue weighted by Crippen LogP contribution is -2.12. The highest BCUT2D eigenvalue weighted by atomic mass is 16.5. The Morgan fingerprint density at radius 2 is 1.92 bits per heavy atom. The van der Waals surface area contributed by atoms with Crippen molar-refractivity contribution in [2.24, 2.45) is 5.73 Å². The third-order valence-corrected chi connectivity index (χ3v) is 3.79. The van der Waals surface area contributed by atoms with Gasteiger partial charge in [0, 0.05) is 17.1 Å². The van der Waals surface area contributed by atoms with Crippen LogP contribution in [0.25, 0.3) is 11.8 Å². The molecule has 0 saturated carbocycles. The van der Waals surface area contributed by atoms with Crippen LogP contribution in [-0.2, 0) is 9.53 Å². The Bertz CT molecular complexity index is 884. The van der Waals surface area contributed by atoms with E-state index in [1.54, 1.807) is 25.1 Å². The smallest absolute Gasteiger partial charge is 0.338 e. The summed E-state index contributed by atoms with van der Waals surface area (Å²) in [5, 5.41) is 9.00. The molecule has 0 aliphatic rings. The van der Waals surface area contributed by atoms with Gasteiger partial charge >= 0.3 is 5.97 Å². The van der Waals surface area contributed by atoms with Crippen LogP contribution >= 0.6 is 0 Å². The summed E-state index contributed by atoms with van der Waals surface area (Å²) < 4.78 is 6.94. The van der Waals surface area contributed by atoms with E-state index in [4.69, 9.17) is 15.7 Å². The lowest BCUT2D eigenvalue weighted by Gasteiger charge is -2.10. The fourth-order valence-electron chi connectivity index (χ4n) is 2.61. The van der Waals surface area contributed by atoms with Gasteiger partial charge in [-0.3, -0.25) is 4.79 Å². The number of amides is 1. The van der Waals surface area contributed by atoms with Gasteiger partial charge in [-0.15, -0.1) is 0 Å². The standard InChI is InChI=1S/C19H19N3O3/c1-4-25-19(24)14-5-7-17(8-6-14)22-12(2)9-15(13(22)3)10-16(11-20)18(21)23/h5-10H,4H2,1-3H3,(H2,21,23)/b16-10-. The number of nitriles is 1. The molecule has 6 heteroatoms. The van der Waals surface area contributed by atoms with Crippen molar-refractivity contribution in [2.75, 3.05) is 6.61 Å². The Balaban J connectivity index is 2.43. The van der Waals surface area contributed by atoms with Crippen LogP contribution < -0.4 is 5.73 Å². The van der Waals surface area contributed by atoms with Crippen molar-refractivity contribution in [1.82, 2.24) is 4.57 Å². The van der Waals surface area contributed by atoms with Gasteiger partial charge in [0.25, 0.3) is 5.91 Å². The Morgan fingerprint density at radius 3 is 2.44 bits per heavy atom. The third kappa shape index (κ3) is 3.78. The minimum atomic E-state index is -0.758. The van der Waals surface area contributed by atoms with E-state index in [0.29, 0.717) is 12.2 Å². The summed E-state index contributed by atoms with van der Waals surface area (Å²) in [6.07, 6.45) is 1.48. The van der Waals surface area contributed by atoms with Crippen molar-refractivity contribution in [1.29, 1.82) is 5.26 Å². The van der Waals surface area contributed by atoms with Crippen LogP contribution in [-0.4, -0.2) is 23.1 Å². The zero-order valence-corrected chi connectivity index (χ0v) is 14.4. The molecule has 1 heterocycles. The van der Waals surface area contributed by atoms with Crippen LogP contribution in [0.1, 0.15) is 34.2 Å². The Morgan fingerprint density at radius 1 is 1.28 bits per heavy atom. The summed E-state index contributed by atoms with van der Waals surface area (Å²) in [7, 11) is 0. The number of ether oxygens (including phenoxy) is 1. The fraction of sp³-hybridized carbons (Fsp3) is 0.211. The second-order valence-corrected chi connectivity index (χ2v) is 5.46. The van der Waals surface area contributed by atoms with Crippen LogP contribution in [0.2, 0.25) is 0 Å². The Kier molecular flexibility index (Phi) is 5.40. The molecular formula is C19H19N3O3. The minimum absolute atomic E-state index is 0.0992. The Hall–Kier alpha value is -3.33. The van der Waals surface area contributed by atoms with Crippen LogP contribution in [0.5, 0.6) is 0 Å². The van der Waals surface area contributed by atoms with E-state index < -0.39 is 5.91 Å². The van der Waals surface area contributed by atoms with Gasteiger partial charge in [0.15, 0.2) is 0 Å². The number of rotatable bonds is 5. The van der Waals surface area contributed by atoms with E-state index in [-0.39, 0.29) is 11.5 Å². The molecule has 0 atom stereocenters. The molecule has 1 amide bonds. The van der Waals surface area contributed by atoms with E-state index >= 15 is 0 Å². The van der Waals surface area contributed by atoms with Crippen molar-refractivity contribution in [2.45, 2.75) is 20.8 Å². The zero-order chi connectivity index (χ0) is 18.6. The summed E-state index contributed by atoms with van der Waals surface area (Å²) in [5.74, 6) is -1.12. The maximum Gasteiger partial charge on any atom is 0.338 e. The number of carbonyl (C=O) groups excluding carboxylic acids is 2. The molecule has 25 heavy (non-hydrogen) atoms. The number of primary amides is 1. The second-order valence-electron chi connectivity index (χ2n) is 5.46. The lowest BCUT2D eigenvalue weighted by atomic mass is 10.1. The number of aryl methyl sites for hydroxylation is 1. The predicted molar refractivity (Wildman–Crippen MR) is 94.0 cm³/mol. The lowest BCUT2D eigenvalue weighted by molar-refractivity contribution is -0.114. The summed E-state index contributed by atoms with van der Waals surface area (Å²) >= 11 is 0. The van der Waals surface area contributed by atoms with Crippen LogP contribution in [0, 0.1) is 25.2 Å². The topological polar surface area (TPSA) is 98.1 Å². The van der Waals surface area contributed by atoms with E-state index in [1.165, 1.54) is 6.08 Å². The van der Waals surface area contributed by atoms with Crippen molar-refractivity contribution in [3.8, 4) is 11.8 Å². The number of aromatic nitrogens is 1. The fourth-order valence-corrected chi connectivity index (χ4v) is 2.61. The molecule has 0 fully saturated rings. The van der Waals surface area contributed by atoms with E-state index in [0.717, 1.165) is 22.6 Å². The zero-order valence-electron chi connectivity index (χ0n) is 14.4. The highest BCUT2D eigenvalue weighted by Crippen LogP contribution is 2.23. The molecule has 1 aromatic heterocycles. The van der Waals surface area contributed by atoms with Crippen molar-refractivity contribution in [3.63, 3.8) is 0 Å². The number of benzene rings is 1.